The molecule has 144 valence electrons. The largest absolute Gasteiger partial charge is 0.452 e. The molecule has 4 rings (SSSR count). The third-order valence-corrected chi connectivity index (χ3v) is 5.55. The van der Waals surface area contributed by atoms with Crippen molar-refractivity contribution in [1.82, 2.24) is 10.3 Å². The molecule has 0 bridgehead atoms. The Morgan fingerprint density at radius 3 is 2.90 bits per heavy atom. The van der Waals surface area contributed by atoms with Crippen LogP contribution in [0.2, 0.25) is 0 Å². The summed E-state index contributed by atoms with van der Waals surface area (Å²) in [6, 6.07) is 11.6. The first-order valence-corrected chi connectivity index (χ1v) is 10.1. The second-order valence-electron chi connectivity index (χ2n) is 6.57. The number of nitrogens with zero attached hydrogens (tertiary/aromatic N) is 1. The Kier molecular flexibility index (Phi) is 5.41. The molecule has 0 radical (unpaired) electrons. The van der Waals surface area contributed by atoms with Crippen LogP contribution in [0.3, 0.4) is 0 Å². The molecule has 1 aliphatic rings. The number of thiophene rings is 1. The van der Waals surface area contributed by atoms with Gasteiger partial charge in [-0.3, -0.25) is 4.79 Å². The lowest BCUT2D eigenvalue weighted by Crippen LogP contribution is -2.29. The van der Waals surface area contributed by atoms with Gasteiger partial charge >= 0.3 is 5.97 Å². The van der Waals surface area contributed by atoms with Crippen LogP contribution in [0.4, 0.5) is 0 Å². The van der Waals surface area contributed by atoms with E-state index < -0.39 is 11.9 Å². The highest BCUT2D eigenvalue weighted by Gasteiger charge is 2.27. The predicted molar refractivity (Wildman–Crippen MR) is 114 cm³/mol. The third-order valence-electron chi connectivity index (χ3n) is 4.73. The lowest BCUT2D eigenvalue weighted by molar-refractivity contribution is -0.123. The van der Waals surface area contributed by atoms with E-state index in [4.69, 9.17) is 16.1 Å². The molecule has 3 aromatic rings. The van der Waals surface area contributed by atoms with Gasteiger partial charge < -0.3 is 10.1 Å². The average molecular weight is 402 g/mol. The molecule has 0 spiro atoms. The number of pyridine rings is 1. The van der Waals surface area contributed by atoms with Gasteiger partial charge in [0.05, 0.1) is 23.3 Å². The summed E-state index contributed by atoms with van der Waals surface area (Å²) in [6.07, 6.45) is 8.76. The van der Waals surface area contributed by atoms with E-state index in [0.29, 0.717) is 12.0 Å². The molecule has 0 aliphatic heterocycles. The lowest BCUT2D eigenvalue weighted by atomic mass is 10.0. The molecule has 1 aromatic carbocycles. The van der Waals surface area contributed by atoms with Crippen molar-refractivity contribution in [2.75, 3.05) is 13.2 Å². The number of carbonyl (C=O) groups excluding carboxylic acids is 2. The Balaban J connectivity index is 1.71. The molecule has 0 atom stereocenters. The quantitative estimate of drug-likeness (QED) is 0.522. The summed E-state index contributed by atoms with van der Waals surface area (Å²) < 4.78 is 5.30. The highest BCUT2D eigenvalue weighted by molar-refractivity contribution is 7.10. The lowest BCUT2D eigenvalue weighted by Gasteiger charge is -2.12. The molecule has 2 aromatic heterocycles. The molecule has 1 N–H and O–H groups in total. The highest BCUT2D eigenvalue weighted by atomic mass is 32.1. The molecule has 0 saturated carbocycles. The van der Waals surface area contributed by atoms with Gasteiger partial charge in [-0.15, -0.1) is 17.8 Å². The topological polar surface area (TPSA) is 68.3 Å². The Bertz CT molecular complexity index is 1160. The Labute approximate surface area is 172 Å². The minimum Gasteiger partial charge on any atom is -0.452 e. The van der Waals surface area contributed by atoms with E-state index in [1.54, 1.807) is 11.3 Å². The summed E-state index contributed by atoms with van der Waals surface area (Å²) in [5.41, 5.74) is 4.04. The van der Waals surface area contributed by atoms with E-state index >= 15 is 0 Å². The average Bonchev–Trinajstić information content (AvgIpc) is 3.39. The predicted octanol–water partition coefficient (Wildman–Crippen LogP) is 3.69. The number of ether oxygens (including phenoxy) is 1. The summed E-state index contributed by atoms with van der Waals surface area (Å²) in [6.45, 7) is -0.273. The van der Waals surface area contributed by atoms with E-state index in [2.05, 4.69) is 23.4 Å². The first-order chi connectivity index (χ1) is 14.2. The van der Waals surface area contributed by atoms with Gasteiger partial charge in [0.25, 0.3) is 5.91 Å². The zero-order valence-corrected chi connectivity index (χ0v) is 16.4. The zero-order chi connectivity index (χ0) is 20.2. The number of allylic oxidation sites excluding steroid dienone is 1. The van der Waals surface area contributed by atoms with Gasteiger partial charge in [-0.1, -0.05) is 30.2 Å². The van der Waals surface area contributed by atoms with Crippen molar-refractivity contribution in [1.29, 1.82) is 0 Å². The number of esters is 1. The van der Waals surface area contributed by atoms with E-state index in [1.807, 2.05) is 35.7 Å². The number of amides is 1. The Hall–Kier alpha value is -3.43. The molecule has 2 heterocycles. The van der Waals surface area contributed by atoms with Crippen LogP contribution < -0.4 is 5.32 Å². The number of aromatic nitrogens is 1. The van der Waals surface area contributed by atoms with Crippen molar-refractivity contribution in [3.05, 3.63) is 63.5 Å². The van der Waals surface area contributed by atoms with Crippen LogP contribution in [-0.4, -0.2) is 30.0 Å². The van der Waals surface area contributed by atoms with Gasteiger partial charge in [0.1, 0.15) is 0 Å². The number of terminal acetylenes is 1. The minimum absolute atomic E-state index is 0.0981. The number of carbonyl (C=O) groups is 2. The maximum Gasteiger partial charge on any atom is 0.339 e. The van der Waals surface area contributed by atoms with Crippen molar-refractivity contribution in [3.8, 4) is 12.3 Å². The normalized spacial score (nSPS) is 13.8. The zero-order valence-electron chi connectivity index (χ0n) is 15.6. The maximum atomic E-state index is 12.9. The molecule has 0 fully saturated rings. The smallest absolute Gasteiger partial charge is 0.339 e. The third kappa shape index (κ3) is 3.91. The monoisotopic (exact) mass is 402 g/mol. The number of fused-ring (bicyclic) bond motifs is 2. The van der Waals surface area contributed by atoms with Gasteiger partial charge in [-0.25, -0.2) is 9.78 Å². The Morgan fingerprint density at radius 1 is 1.24 bits per heavy atom. The molecule has 1 aliphatic carbocycles. The molecule has 6 heteroatoms. The van der Waals surface area contributed by atoms with Crippen LogP contribution in [0.5, 0.6) is 0 Å². The number of benzene rings is 1. The van der Waals surface area contributed by atoms with Crippen molar-refractivity contribution >= 4 is 45.8 Å². The number of nitrogens with one attached hydrogen (secondary N) is 1. The molecular formula is C23H18N2O3S. The fraction of sp³-hybridized carbons (Fsp3) is 0.174. The van der Waals surface area contributed by atoms with Crippen LogP contribution in [0.1, 0.15) is 32.9 Å². The Morgan fingerprint density at radius 2 is 2.10 bits per heavy atom. The molecular weight excluding hydrogens is 384 g/mol. The second kappa shape index (κ2) is 8.29. The van der Waals surface area contributed by atoms with Crippen molar-refractivity contribution in [2.24, 2.45) is 0 Å². The standard InChI is InChI=1S/C23H18N2O3S/c1-2-11-24-20(26)14-28-23(27)21-17-7-3-4-8-19(17)25-22-15(9-10-18(21)22)13-16-6-5-12-29-16/h1,3-8,12-13H,9-11,14H2,(H,24,26)/b15-13+. The van der Waals surface area contributed by atoms with Crippen molar-refractivity contribution in [2.45, 2.75) is 12.8 Å². The van der Waals surface area contributed by atoms with Crippen molar-refractivity contribution in [3.63, 3.8) is 0 Å². The van der Waals surface area contributed by atoms with Crippen molar-refractivity contribution < 1.29 is 14.3 Å². The van der Waals surface area contributed by atoms with Crippen LogP contribution >= 0.6 is 11.3 Å². The first kappa shape index (κ1) is 18.9. The summed E-state index contributed by atoms with van der Waals surface area (Å²) in [5, 5.41) is 5.25. The minimum atomic E-state index is -0.520. The molecule has 0 unspecified atom stereocenters. The van der Waals surface area contributed by atoms with Crippen LogP contribution in [0, 0.1) is 12.3 Å². The molecule has 5 nitrogen and oxygen atoms in total. The number of rotatable bonds is 5. The van der Waals surface area contributed by atoms with E-state index in [9.17, 15) is 9.59 Å². The summed E-state index contributed by atoms with van der Waals surface area (Å²) in [4.78, 5) is 30.7. The molecule has 1 amide bonds. The van der Waals surface area contributed by atoms with Gasteiger partial charge in [-0.2, -0.15) is 0 Å². The SMILES string of the molecule is C#CCNC(=O)COC(=O)c1c2c(nc3ccccc13)/C(=C/c1cccs1)CC2. The highest BCUT2D eigenvalue weighted by Crippen LogP contribution is 2.38. The fourth-order valence-corrected chi connectivity index (χ4v) is 4.14. The second-order valence-corrected chi connectivity index (χ2v) is 7.55. The first-order valence-electron chi connectivity index (χ1n) is 9.20. The molecule has 0 saturated heterocycles. The van der Waals surface area contributed by atoms with Gasteiger partial charge in [0.2, 0.25) is 0 Å². The van der Waals surface area contributed by atoms with Crippen LogP contribution in [0.15, 0.2) is 41.8 Å². The van der Waals surface area contributed by atoms with E-state index in [-0.39, 0.29) is 13.2 Å². The fourth-order valence-electron chi connectivity index (χ4n) is 3.46. The van der Waals surface area contributed by atoms with Crippen LogP contribution in [-0.2, 0) is 16.0 Å². The van der Waals surface area contributed by atoms with Gasteiger partial charge in [0.15, 0.2) is 6.61 Å². The maximum absolute atomic E-state index is 12.9. The van der Waals surface area contributed by atoms with Gasteiger partial charge in [-0.05, 0) is 47.6 Å². The summed E-state index contributed by atoms with van der Waals surface area (Å²) >= 11 is 1.66. The van der Waals surface area contributed by atoms with E-state index in [1.165, 1.54) is 0 Å². The van der Waals surface area contributed by atoms with E-state index in [0.717, 1.165) is 39.0 Å². The van der Waals surface area contributed by atoms with Crippen LogP contribution in [0.25, 0.3) is 22.6 Å². The number of para-hydroxylation sites is 1. The van der Waals surface area contributed by atoms with Gasteiger partial charge in [0, 0.05) is 10.3 Å². The summed E-state index contributed by atoms with van der Waals surface area (Å²) in [7, 11) is 0. The number of hydrogen-bond acceptors (Lipinski definition) is 5. The molecule has 29 heavy (non-hydrogen) atoms. The number of hydrogen-bond donors (Lipinski definition) is 1. The summed E-state index contributed by atoms with van der Waals surface area (Å²) in [5.74, 6) is 1.37.